The summed E-state index contributed by atoms with van der Waals surface area (Å²) in [5.74, 6) is -0.240. The van der Waals surface area contributed by atoms with Crippen LogP contribution in [-0.2, 0) is 11.0 Å². The fraction of sp³-hybridized carbons (Fsp3) is 0.136. The Balaban J connectivity index is 1.58. The minimum absolute atomic E-state index is 0.0355. The predicted molar refractivity (Wildman–Crippen MR) is 108 cm³/mol. The fourth-order valence-electron chi connectivity index (χ4n) is 3.15. The van der Waals surface area contributed by atoms with Gasteiger partial charge >= 0.3 is 6.18 Å². The van der Waals surface area contributed by atoms with Crippen molar-refractivity contribution in [2.75, 3.05) is 23.9 Å². The molecule has 2 heterocycles. The molecule has 0 radical (unpaired) electrons. The highest BCUT2D eigenvalue weighted by Gasteiger charge is 2.30. The van der Waals surface area contributed by atoms with Gasteiger partial charge in [0.1, 0.15) is 11.4 Å². The molecule has 2 amide bonds. The lowest BCUT2D eigenvalue weighted by atomic mass is 10.0. The number of nitrogens with zero attached hydrogens (tertiary/aromatic N) is 2. The van der Waals surface area contributed by atoms with Crippen LogP contribution in [0.1, 0.15) is 16.1 Å². The van der Waals surface area contributed by atoms with Crippen LogP contribution in [0, 0.1) is 0 Å². The van der Waals surface area contributed by atoms with Crippen LogP contribution >= 0.6 is 0 Å². The smallest absolute Gasteiger partial charge is 0.416 e. The Hall–Kier alpha value is -3.88. The van der Waals surface area contributed by atoms with E-state index in [-0.39, 0.29) is 18.2 Å². The summed E-state index contributed by atoms with van der Waals surface area (Å²) in [5.41, 5.74) is 0.934. The Kier molecular flexibility index (Phi) is 5.10. The molecule has 2 aromatic carbocycles. The number of ether oxygens (including phenoxy) is 1. The summed E-state index contributed by atoms with van der Waals surface area (Å²) in [6.45, 7) is -0.0541. The van der Waals surface area contributed by atoms with E-state index in [1.807, 2.05) is 0 Å². The average Bonchev–Trinajstić information content (AvgIpc) is 2.76. The fourth-order valence-corrected chi connectivity index (χ4v) is 3.15. The molecule has 1 aromatic heterocycles. The van der Waals surface area contributed by atoms with Gasteiger partial charge in [-0.15, -0.1) is 0 Å². The lowest BCUT2D eigenvalue weighted by Crippen LogP contribution is -2.35. The van der Waals surface area contributed by atoms with Crippen molar-refractivity contribution < 1.29 is 27.5 Å². The van der Waals surface area contributed by atoms with E-state index in [9.17, 15) is 22.8 Å². The molecule has 1 aliphatic rings. The van der Waals surface area contributed by atoms with Crippen LogP contribution in [0.15, 0.2) is 60.8 Å². The van der Waals surface area contributed by atoms with E-state index in [2.05, 4.69) is 10.3 Å². The topological polar surface area (TPSA) is 71.5 Å². The highest BCUT2D eigenvalue weighted by Crippen LogP contribution is 2.34. The number of hydrogen-bond acceptors (Lipinski definition) is 4. The van der Waals surface area contributed by atoms with E-state index >= 15 is 0 Å². The summed E-state index contributed by atoms with van der Waals surface area (Å²) >= 11 is 0. The highest BCUT2D eigenvalue weighted by atomic mass is 19.4. The SMILES string of the molecule is CN1C(=O)COc2ccc(NC(=O)c3cc(-c4cccc(C(F)(F)F)c4)ccn3)cc21. The van der Waals surface area contributed by atoms with Crippen molar-refractivity contribution in [1.82, 2.24) is 4.98 Å². The molecule has 0 spiro atoms. The third-order valence-corrected chi connectivity index (χ3v) is 4.82. The zero-order valence-corrected chi connectivity index (χ0v) is 16.2. The maximum atomic E-state index is 13.0. The van der Waals surface area contributed by atoms with E-state index in [1.165, 1.54) is 35.4 Å². The van der Waals surface area contributed by atoms with Gasteiger partial charge in [0, 0.05) is 18.9 Å². The maximum absolute atomic E-state index is 13.0. The number of anilines is 2. The summed E-state index contributed by atoms with van der Waals surface area (Å²) in [6, 6.07) is 12.7. The molecule has 1 N–H and O–H groups in total. The molecule has 1 aliphatic heterocycles. The highest BCUT2D eigenvalue weighted by molar-refractivity contribution is 6.04. The number of halogens is 3. The number of hydrogen-bond donors (Lipinski definition) is 1. The number of fused-ring (bicyclic) bond motifs is 1. The Bertz CT molecular complexity index is 1180. The van der Waals surface area contributed by atoms with E-state index in [4.69, 9.17) is 4.74 Å². The number of aromatic nitrogens is 1. The van der Waals surface area contributed by atoms with Gasteiger partial charge in [0.25, 0.3) is 11.8 Å². The van der Waals surface area contributed by atoms with Crippen molar-refractivity contribution in [1.29, 1.82) is 0 Å². The van der Waals surface area contributed by atoms with Gasteiger partial charge in [0.05, 0.1) is 11.3 Å². The molecular formula is C22H16F3N3O3. The van der Waals surface area contributed by atoms with Crippen LogP contribution in [0.2, 0.25) is 0 Å². The molecule has 0 atom stereocenters. The van der Waals surface area contributed by atoms with Crippen molar-refractivity contribution in [2.45, 2.75) is 6.18 Å². The molecule has 158 valence electrons. The second-order valence-corrected chi connectivity index (χ2v) is 6.89. The van der Waals surface area contributed by atoms with Crippen molar-refractivity contribution >= 4 is 23.2 Å². The number of rotatable bonds is 3. The van der Waals surface area contributed by atoms with Crippen molar-refractivity contribution in [2.24, 2.45) is 0 Å². The Labute approximate surface area is 175 Å². The van der Waals surface area contributed by atoms with E-state index in [0.29, 0.717) is 28.3 Å². The summed E-state index contributed by atoms with van der Waals surface area (Å²) < 4.78 is 44.3. The van der Waals surface area contributed by atoms with Crippen LogP contribution < -0.4 is 15.0 Å². The van der Waals surface area contributed by atoms with Gasteiger partial charge in [-0.05, 0) is 53.6 Å². The summed E-state index contributed by atoms with van der Waals surface area (Å²) in [7, 11) is 1.61. The second kappa shape index (κ2) is 7.75. The lowest BCUT2D eigenvalue weighted by Gasteiger charge is -2.26. The molecule has 9 heteroatoms. The first-order valence-corrected chi connectivity index (χ1v) is 9.21. The molecule has 0 bridgehead atoms. The van der Waals surface area contributed by atoms with Gasteiger partial charge < -0.3 is 15.0 Å². The number of pyridine rings is 1. The molecular weight excluding hydrogens is 411 g/mol. The Morgan fingerprint density at radius 1 is 1.10 bits per heavy atom. The van der Waals surface area contributed by atoms with Crippen molar-refractivity contribution in [3.05, 3.63) is 72.1 Å². The summed E-state index contributed by atoms with van der Waals surface area (Å²) in [4.78, 5) is 29.9. The summed E-state index contributed by atoms with van der Waals surface area (Å²) in [6.07, 6.45) is -3.11. The Morgan fingerprint density at radius 3 is 2.65 bits per heavy atom. The molecule has 4 rings (SSSR count). The van der Waals surface area contributed by atoms with Gasteiger partial charge in [0.15, 0.2) is 6.61 Å². The lowest BCUT2D eigenvalue weighted by molar-refractivity contribution is -0.137. The first kappa shape index (κ1) is 20.4. The van der Waals surface area contributed by atoms with E-state index in [0.717, 1.165) is 12.1 Å². The average molecular weight is 427 g/mol. The molecule has 0 aliphatic carbocycles. The second-order valence-electron chi connectivity index (χ2n) is 6.89. The third-order valence-electron chi connectivity index (χ3n) is 4.82. The summed E-state index contributed by atoms with van der Waals surface area (Å²) in [5, 5.41) is 2.68. The molecule has 0 saturated heterocycles. The number of likely N-dealkylation sites (N-methyl/N-ethyl adjacent to an activating group) is 1. The number of benzene rings is 2. The zero-order chi connectivity index (χ0) is 22.2. The first-order chi connectivity index (χ1) is 14.7. The standard InChI is InChI=1S/C22H16F3N3O3/c1-28-18-11-16(5-6-19(18)31-12-20(28)29)27-21(30)17-10-14(7-8-26-17)13-3-2-4-15(9-13)22(23,24)25/h2-11H,12H2,1H3,(H,27,30). The van der Waals surface area contributed by atoms with Crippen LogP contribution in [0.4, 0.5) is 24.5 Å². The molecule has 6 nitrogen and oxygen atoms in total. The number of carbonyl (C=O) groups excluding carboxylic acids is 2. The van der Waals surface area contributed by atoms with Crippen molar-refractivity contribution in [3.63, 3.8) is 0 Å². The minimum atomic E-state index is -4.46. The monoisotopic (exact) mass is 427 g/mol. The minimum Gasteiger partial charge on any atom is -0.482 e. The number of carbonyl (C=O) groups is 2. The van der Waals surface area contributed by atoms with E-state index in [1.54, 1.807) is 25.2 Å². The maximum Gasteiger partial charge on any atom is 0.416 e. The molecule has 31 heavy (non-hydrogen) atoms. The Morgan fingerprint density at radius 2 is 1.87 bits per heavy atom. The van der Waals surface area contributed by atoms with Gasteiger partial charge in [-0.1, -0.05) is 12.1 Å². The largest absolute Gasteiger partial charge is 0.482 e. The van der Waals surface area contributed by atoms with Crippen LogP contribution in [-0.4, -0.2) is 30.5 Å². The molecule has 0 unspecified atom stereocenters. The van der Waals surface area contributed by atoms with Gasteiger partial charge in [-0.2, -0.15) is 13.2 Å². The number of amides is 2. The molecule has 3 aromatic rings. The van der Waals surface area contributed by atoms with Gasteiger partial charge in [0.2, 0.25) is 0 Å². The van der Waals surface area contributed by atoms with Crippen LogP contribution in [0.25, 0.3) is 11.1 Å². The number of nitrogens with one attached hydrogen (secondary N) is 1. The zero-order valence-electron chi connectivity index (χ0n) is 16.2. The van der Waals surface area contributed by atoms with Crippen LogP contribution in [0.5, 0.6) is 5.75 Å². The predicted octanol–water partition coefficient (Wildman–Crippen LogP) is 4.37. The molecule has 0 saturated carbocycles. The first-order valence-electron chi connectivity index (χ1n) is 9.21. The van der Waals surface area contributed by atoms with Gasteiger partial charge in [-0.25, -0.2) is 0 Å². The van der Waals surface area contributed by atoms with Crippen molar-refractivity contribution in [3.8, 4) is 16.9 Å². The van der Waals surface area contributed by atoms with E-state index < -0.39 is 17.6 Å². The quantitative estimate of drug-likeness (QED) is 0.674. The normalized spacial score (nSPS) is 13.4. The third kappa shape index (κ3) is 4.20. The van der Waals surface area contributed by atoms with Crippen LogP contribution in [0.3, 0.4) is 0 Å². The van der Waals surface area contributed by atoms with Gasteiger partial charge in [-0.3, -0.25) is 14.6 Å². The number of alkyl halides is 3. The molecule has 0 fully saturated rings.